The van der Waals surface area contributed by atoms with Crippen LogP contribution in [0, 0.1) is 0 Å². The van der Waals surface area contributed by atoms with Gasteiger partial charge in [-0.05, 0) is 24.3 Å². The van der Waals surface area contributed by atoms with Crippen molar-refractivity contribution in [3.63, 3.8) is 0 Å². The first-order valence-corrected chi connectivity index (χ1v) is 6.56. The molecule has 1 saturated heterocycles. The fraction of sp³-hybridized carbons (Fsp3) is 0.357. The normalized spacial score (nSPS) is 15.5. The van der Waals surface area contributed by atoms with Crippen LogP contribution in [-0.4, -0.2) is 36.3 Å². The fourth-order valence-corrected chi connectivity index (χ4v) is 2.19. The average molecular weight is 258 g/mol. The molecule has 0 amide bonds. The second kappa shape index (κ2) is 5.75. The van der Waals surface area contributed by atoms with E-state index in [4.69, 9.17) is 4.74 Å². The first kappa shape index (κ1) is 12.0. The molecule has 1 fully saturated rings. The number of rotatable bonds is 4. The molecule has 1 aliphatic rings. The minimum atomic E-state index is 0.761. The van der Waals surface area contributed by atoms with Crippen LogP contribution in [-0.2, 0) is 11.3 Å². The SMILES string of the molecule is c1ncc(CNc2ccc(N3CCOCC3)cc2)[nH]1. The maximum atomic E-state index is 5.36. The van der Waals surface area contributed by atoms with Gasteiger partial charge in [0.1, 0.15) is 0 Å². The summed E-state index contributed by atoms with van der Waals surface area (Å²) in [5, 5.41) is 3.36. The molecule has 0 aliphatic carbocycles. The van der Waals surface area contributed by atoms with Crippen LogP contribution >= 0.6 is 0 Å². The van der Waals surface area contributed by atoms with Crippen LogP contribution in [0.4, 0.5) is 11.4 Å². The Bertz CT molecular complexity index is 489. The number of nitrogens with zero attached hydrogens (tertiary/aromatic N) is 2. The van der Waals surface area contributed by atoms with E-state index in [9.17, 15) is 0 Å². The summed E-state index contributed by atoms with van der Waals surface area (Å²) >= 11 is 0. The lowest BCUT2D eigenvalue weighted by atomic mass is 10.2. The summed E-state index contributed by atoms with van der Waals surface area (Å²) in [6, 6.07) is 8.53. The van der Waals surface area contributed by atoms with Crippen molar-refractivity contribution in [1.29, 1.82) is 0 Å². The van der Waals surface area contributed by atoms with Gasteiger partial charge in [0, 0.05) is 30.7 Å². The van der Waals surface area contributed by atoms with Gasteiger partial charge in [0.25, 0.3) is 0 Å². The molecule has 5 heteroatoms. The van der Waals surface area contributed by atoms with Crippen molar-refractivity contribution >= 4 is 11.4 Å². The first-order valence-electron chi connectivity index (χ1n) is 6.56. The van der Waals surface area contributed by atoms with Crippen LogP contribution in [0.15, 0.2) is 36.8 Å². The zero-order chi connectivity index (χ0) is 12.9. The Morgan fingerprint density at radius 1 is 1.21 bits per heavy atom. The van der Waals surface area contributed by atoms with Crippen molar-refractivity contribution in [3.8, 4) is 0 Å². The third kappa shape index (κ3) is 3.06. The van der Waals surface area contributed by atoms with Gasteiger partial charge in [-0.2, -0.15) is 0 Å². The van der Waals surface area contributed by atoms with Crippen LogP contribution in [0.25, 0.3) is 0 Å². The molecule has 19 heavy (non-hydrogen) atoms. The second-order valence-electron chi connectivity index (χ2n) is 4.58. The maximum absolute atomic E-state index is 5.36. The summed E-state index contributed by atoms with van der Waals surface area (Å²) in [6.45, 7) is 4.35. The topological polar surface area (TPSA) is 53.2 Å². The summed E-state index contributed by atoms with van der Waals surface area (Å²) in [5.41, 5.74) is 3.46. The molecule has 100 valence electrons. The molecule has 1 aliphatic heterocycles. The highest BCUT2D eigenvalue weighted by Gasteiger charge is 2.10. The Morgan fingerprint density at radius 3 is 2.68 bits per heavy atom. The Kier molecular flexibility index (Phi) is 3.65. The lowest BCUT2D eigenvalue weighted by Crippen LogP contribution is -2.36. The van der Waals surface area contributed by atoms with Crippen molar-refractivity contribution in [2.45, 2.75) is 6.54 Å². The molecule has 0 atom stereocenters. The Labute approximate surface area is 112 Å². The van der Waals surface area contributed by atoms with Gasteiger partial charge in [-0.1, -0.05) is 0 Å². The molecular formula is C14H18N4O. The third-order valence-corrected chi connectivity index (χ3v) is 3.28. The Hall–Kier alpha value is -2.01. The lowest BCUT2D eigenvalue weighted by molar-refractivity contribution is 0.122. The number of nitrogens with one attached hydrogen (secondary N) is 2. The van der Waals surface area contributed by atoms with Crippen LogP contribution in [0.1, 0.15) is 5.69 Å². The Morgan fingerprint density at radius 2 is 2.00 bits per heavy atom. The van der Waals surface area contributed by atoms with Gasteiger partial charge in [0.05, 0.1) is 31.8 Å². The molecule has 0 radical (unpaired) electrons. The van der Waals surface area contributed by atoms with E-state index < -0.39 is 0 Å². The second-order valence-corrected chi connectivity index (χ2v) is 4.58. The van der Waals surface area contributed by atoms with Gasteiger partial charge in [0.2, 0.25) is 0 Å². The summed E-state index contributed by atoms with van der Waals surface area (Å²) in [7, 11) is 0. The van der Waals surface area contributed by atoms with E-state index in [0.29, 0.717) is 0 Å². The number of aromatic amines is 1. The van der Waals surface area contributed by atoms with E-state index in [-0.39, 0.29) is 0 Å². The number of morpholine rings is 1. The number of benzene rings is 1. The Balaban J connectivity index is 1.58. The van der Waals surface area contributed by atoms with Gasteiger partial charge in [-0.3, -0.25) is 0 Å². The van der Waals surface area contributed by atoms with Crippen LogP contribution in [0.5, 0.6) is 0 Å². The fourth-order valence-electron chi connectivity index (χ4n) is 2.19. The molecule has 0 spiro atoms. The largest absolute Gasteiger partial charge is 0.379 e. The highest BCUT2D eigenvalue weighted by atomic mass is 16.5. The van der Waals surface area contributed by atoms with Crippen LogP contribution in [0.2, 0.25) is 0 Å². The zero-order valence-corrected chi connectivity index (χ0v) is 10.8. The van der Waals surface area contributed by atoms with E-state index in [1.807, 2.05) is 6.20 Å². The zero-order valence-electron chi connectivity index (χ0n) is 10.8. The van der Waals surface area contributed by atoms with E-state index >= 15 is 0 Å². The molecule has 5 nitrogen and oxygen atoms in total. The quantitative estimate of drug-likeness (QED) is 0.879. The molecule has 1 aromatic carbocycles. The van der Waals surface area contributed by atoms with Gasteiger partial charge >= 0.3 is 0 Å². The van der Waals surface area contributed by atoms with Gasteiger partial charge in [-0.15, -0.1) is 0 Å². The van der Waals surface area contributed by atoms with E-state index in [2.05, 4.69) is 44.5 Å². The van der Waals surface area contributed by atoms with E-state index in [0.717, 1.165) is 44.2 Å². The summed E-state index contributed by atoms with van der Waals surface area (Å²) < 4.78 is 5.36. The maximum Gasteiger partial charge on any atom is 0.0922 e. The predicted octanol–water partition coefficient (Wildman–Crippen LogP) is 1.86. The molecule has 1 aromatic heterocycles. The highest BCUT2D eigenvalue weighted by molar-refractivity contribution is 5.55. The standard InChI is InChI=1S/C14H18N4O/c1-3-14(18-5-7-19-8-6-18)4-2-12(1)16-10-13-9-15-11-17-13/h1-4,9,11,16H,5-8,10H2,(H,15,17). The summed E-state index contributed by atoms with van der Waals surface area (Å²) in [5.74, 6) is 0. The number of imidazole rings is 1. The number of aromatic nitrogens is 2. The number of hydrogen-bond donors (Lipinski definition) is 2. The molecule has 2 heterocycles. The number of H-pyrrole nitrogens is 1. The van der Waals surface area contributed by atoms with E-state index in [1.54, 1.807) is 6.33 Å². The number of ether oxygens (including phenoxy) is 1. The summed E-state index contributed by atoms with van der Waals surface area (Å²) in [6.07, 6.45) is 3.52. The molecule has 2 N–H and O–H groups in total. The first-order chi connectivity index (χ1) is 9.42. The molecular weight excluding hydrogens is 240 g/mol. The van der Waals surface area contributed by atoms with E-state index in [1.165, 1.54) is 5.69 Å². The van der Waals surface area contributed by atoms with Gasteiger partial charge in [-0.25, -0.2) is 4.98 Å². The lowest BCUT2D eigenvalue weighted by Gasteiger charge is -2.28. The van der Waals surface area contributed by atoms with Crippen LogP contribution < -0.4 is 10.2 Å². The van der Waals surface area contributed by atoms with Crippen LogP contribution in [0.3, 0.4) is 0 Å². The molecule has 0 unspecified atom stereocenters. The van der Waals surface area contributed by atoms with Gasteiger partial charge in [0.15, 0.2) is 0 Å². The number of anilines is 2. The average Bonchev–Trinajstić information content (AvgIpc) is 3.00. The summed E-state index contributed by atoms with van der Waals surface area (Å²) in [4.78, 5) is 9.42. The van der Waals surface area contributed by atoms with Crippen molar-refractivity contribution < 1.29 is 4.74 Å². The predicted molar refractivity (Wildman–Crippen MR) is 75.4 cm³/mol. The van der Waals surface area contributed by atoms with Crippen molar-refractivity contribution in [3.05, 3.63) is 42.5 Å². The van der Waals surface area contributed by atoms with Gasteiger partial charge < -0.3 is 19.9 Å². The molecule has 0 saturated carbocycles. The van der Waals surface area contributed by atoms with Crippen molar-refractivity contribution in [2.24, 2.45) is 0 Å². The molecule has 3 rings (SSSR count). The smallest absolute Gasteiger partial charge is 0.0922 e. The van der Waals surface area contributed by atoms with Crippen molar-refractivity contribution in [2.75, 3.05) is 36.5 Å². The minimum absolute atomic E-state index is 0.761. The third-order valence-electron chi connectivity index (χ3n) is 3.28. The minimum Gasteiger partial charge on any atom is -0.379 e. The van der Waals surface area contributed by atoms with Crippen molar-refractivity contribution in [1.82, 2.24) is 9.97 Å². The highest BCUT2D eigenvalue weighted by Crippen LogP contribution is 2.19. The monoisotopic (exact) mass is 258 g/mol. The number of hydrogen-bond acceptors (Lipinski definition) is 4. The molecule has 2 aromatic rings. The molecule has 0 bridgehead atoms.